The number of carbonyl (C=O) groups is 1. The summed E-state index contributed by atoms with van der Waals surface area (Å²) in [4.78, 5) is 12.0. The third-order valence-corrected chi connectivity index (χ3v) is 4.77. The standard InChI is InChI=1S/C14H27NO5S/c1-5-19-13(16)12(14(2,3)4)15-21(17,18)10-11-8-6-7-9-20-11/h11-12,15H,5-10H2,1-4H3/t11?,12-/m1/s1. The lowest BCUT2D eigenvalue weighted by Crippen LogP contribution is -2.51. The predicted octanol–water partition coefficient (Wildman–Crippen LogP) is 1.45. The van der Waals surface area contributed by atoms with Crippen LogP contribution in [0.15, 0.2) is 0 Å². The quantitative estimate of drug-likeness (QED) is 0.749. The third-order valence-electron chi connectivity index (χ3n) is 3.37. The first-order valence-corrected chi connectivity index (χ1v) is 9.09. The van der Waals surface area contributed by atoms with E-state index in [1.54, 1.807) is 27.7 Å². The summed E-state index contributed by atoms with van der Waals surface area (Å²) in [5, 5.41) is 0. The van der Waals surface area contributed by atoms with Crippen molar-refractivity contribution in [2.75, 3.05) is 19.0 Å². The maximum Gasteiger partial charge on any atom is 0.324 e. The van der Waals surface area contributed by atoms with Crippen LogP contribution < -0.4 is 4.72 Å². The molecule has 6 nitrogen and oxygen atoms in total. The zero-order valence-corrected chi connectivity index (χ0v) is 14.2. The van der Waals surface area contributed by atoms with Crippen molar-refractivity contribution in [3.05, 3.63) is 0 Å². The third kappa shape index (κ3) is 6.32. The van der Waals surface area contributed by atoms with E-state index in [9.17, 15) is 13.2 Å². The van der Waals surface area contributed by atoms with Crippen molar-refractivity contribution >= 4 is 16.0 Å². The van der Waals surface area contributed by atoms with E-state index in [1.807, 2.05) is 0 Å². The second-order valence-corrected chi connectivity index (χ2v) is 8.24. The highest BCUT2D eigenvalue weighted by Gasteiger charge is 2.36. The Morgan fingerprint density at radius 3 is 2.52 bits per heavy atom. The minimum atomic E-state index is -3.60. The van der Waals surface area contributed by atoms with Crippen LogP contribution in [-0.2, 0) is 24.3 Å². The molecule has 1 heterocycles. The van der Waals surface area contributed by atoms with Crippen molar-refractivity contribution in [1.82, 2.24) is 4.72 Å². The molecule has 0 radical (unpaired) electrons. The number of hydrogen-bond acceptors (Lipinski definition) is 5. The van der Waals surface area contributed by atoms with Gasteiger partial charge in [0.2, 0.25) is 10.0 Å². The van der Waals surface area contributed by atoms with Crippen LogP contribution >= 0.6 is 0 Å². The number of rotatable bonds is 6. The molecule has 0 saturated carbocycles. The second kappa shape index (κ2) is 7.56. The van der Waals surface area contributed by atoms with Crippen LogP contribution in [0, 0.1) is 5.41 Å². The largest absolute Gasteiger partial charge is 0.465 e. The summed E-state index contributed by atoms with van der Waals surface area (Å²) in [5.41, 5.74) is -0.563. The van der Waals surface area contributed by atoms with Crippen molar-refractivity contribution in [2.45, 2.75) is 59.1 Å². The molecule has 124 valence electrons. The predicted molar refractivity (Wildman–Crippen MR) is 80.4 cm³/mol. The van der Waals surface area contributed by atoms with Gasteiger partial charge in [-0.05, 0) is 31.6 Å². The van der Waals surface area contributed by atoms with E-state index in [-0.39, 0.29) is 18.5 Å². The van der Waals surface area contributed by atoms with Gasteiger partial charge < -0.3 is 9.47 Å². The molecule has 0 amide bonds. The Morgan fingerprint density at radius 1 is 1.38 bits per heavy atom. The van der Waals surface area contributed by atoms with Gasteiger partial charge in [0.15, 0.2) is 0 Å². The Labute approximate surface area is 127 Å². The number of nitrogens with one attached hydrogen (secondary N) is 1. The maximum absolute atomic E-state index is 12.3. The van der Waals surface area contributed by atoms with Crippen LogP contribution in [0.25, 0.3) is 0 Å². The molecule has 0 aliphatic carbocycles. The van der Waals surface area contributed by atoms with Crippen molar-refractivity contribution in [1.29, 1.82) is 0 Å². The van der Waals surface area contributed by atoms with Gasteiger partial charge in [0.1, 0.15) is 6.04 Å². The maximum atomic E-state index is 12.3. The van der Waals surface area contributed by atoms with Gasteiger partial charge in [-0.3, -0.25) is 4.79 Å². The summed E-state index contributed by atoms with van der Waals surface area (Å²) in [7, 11) is -3.60. The summed E-state index contributed by atoms with van der Waals surface area (Å²) in [6.45, 7) is 7.91. The zero-order valence-electron chi connectivity index (χ0n) is 13.3. The summed E-state index contributed by atoms with van der Waals surface area (Å²) in [5.74, 6) is -0.656. The van der Waals surface area contributed by atoms with Gasteiger partial charge in [-0.1, -0.05) is 20.8 Å². The van der Waals surface area contributed by atoms with Crippen LogP contribution in [0.2, 0.25) is 0 Å². The molecule has 1 fully saturated rings. The number of hydrogen-bond donors (Lipinski definition) is 1. The van der Waals surface area contributed by atoms with Crippen molar-refractivity contribution in [3.8, 4) is 0 Å². The molecule has 1 N–H and O–H groups in total. The molecule has 0 aromatic carbocycles. The van der Waals surface area contributed by atoms with Crippen molar-refractivity contribution in [3.63, 3.8) is 0 Å². The fraction of sp³-hybridized carbons (Fsp3) is 0.929. The minimum Gasteiger partial charge on any atom is -0.465 e. The number of carbonyl (C=O) groups excluding carboxylic acids is 1. The molecule has 1 aliphatic heterocycles. The highest BCUT2D eigenvalue weighted by molar-refractivity contribution is 7.89. The van der Waals surface area contributed by atoms with Crippen molar-refractivity contribution < 1.29 is 22.7 Å². The van der Waals surface area contributed by atoms with E-state index >= 15 is 0 Å². The van der Waals surface area contributed by atoms with Gasteiger partial charge in [-0.25, -0.2) is 13.1 Å². The Hall–Kier alpha value is -0.660. The number of ether oxygens (including phenoxy) is 2. The topological polar surface area (TPSA) is 81.7 Å². The van der Waals surface area contributed by atoms with E-state index in [0.29, 0.717) is 6.61 Å². The molecule has 0 aromatic heterocycles. The smallest absolute Gasteiger partial charge is 0.324 e. The molecule has 7 heteroatoms. The highest BCUT2D eigenvalue weighted by Crippen LogP contribution is 2.22. The molecule has 2 atom stereocenters. The molecule has 1 unspecified atom stereocenters. The van der Waals surface area contributed by atoms with Crippen LogP contribution in [-0.4, -0.2) is 45.5 Å². The van der Waals surface area contributed by atoms with Gasteiger partial charge in [0, 0.05) is 6.61 Å². The molecule has 0 bridgehead atoms. The van der Waals surface area contributed by atoms with E-state index in [1.165, 1.54) is 0 Å². The fourth-order valence-corrected chi connectivity index (χ4v) is 3.87. The highest BCUT2D eigenvalue weighted by atomic mass is 32.2. The molecule has 21 heavy (non-hydrogen) atoms. The fourth-order valence-electron chi connectivity index (χ4n) is 2.22. The van der Waals surface area contributed by atoms with Crippen LogP contribution in [0.3, 0.4) is 0 Å². The summed E-state index contributed by atoms with van der Waals surface area (Å²) >= 11 is 0. The number of esters is 1. The van der Waals surface area contributed by atoms with Crippen LogP contribution in [0.1, 0.15) is 47.0 Å². The minimum absolute atomic E-state index is 0.112. The normalized spacial score (nSPS) is 21.8. The Kier molecular flexibility index (Phi) is 6.62. The SMILES string of the molecule is CCOC(=O)[C@@H](NS(=O)(=O)CC1CCCCO1)C(C)(C)C. The number of sulfonamides is 1. The van der Waals surface area contributed by atoms with Gasteiger partial charge in [-0.2, -0.15) is 0 Å². The first-order valence-electron chi connectivity index (χ1n) is 7.44. The molecule has 1 rings (SSSR count). The van der Waals surface area contributed by atoms with Crippen LogP contribution in [0.5, 0.6) is 0 Å². The Balaban J connectivity index is 2.73. The zero-order chi connectivity index (χ0) is 16.1. The molecule has 1 saturated heterocycles. The lowest BCUT2D eigenvalue weighted by Gasteiger charge is -2.30. The molecule has 0 aromatic rings. The van der Waals surface area contributed by atoms with Gasteiger partial charge in [0.25, 0.3) is 0 Å². The van der Waals surface area contributed by atoms with Crippen LogP contribution in [0.4, 0.5) is 0 Å². The monoisotopic (exact) mass is 321 g/mol. The Morgan fingerprint density at radius 2 is 2.05 bits per heavy atom. The Bertz CT molecular complexity index is 435. The summed E-state index contributed by atoms with van der Waals surface area (Å²) in [6.07, 6.45) is 2.39. The molecular formula is C14H27NO5S. The first kappa shape index (κ1) is 18.4. The van der Waals surface area contributed by atoms with Gasteiger partial charge in [0.05, 0.1) is 18.5 Å². The van der Waals surface area contributed by atoms with E-state index in [4.69, 9.17) is 9.47 Å². The van der Waals surface area contributed by atoms with Crippen molar-refractivity contribution in [2.24, 2.45) is 5.41 Å². The second-order valence-electron chi connectivity index (χ2n) is 6.44. The lowest BCUT2D eigenvalue weighted by molar-refractivity contribution is -0.147. The first-order chi connectivity index (χ1) is 9.65. The average molecular weight is 321 g/mol. The summed E-state index contributed by atoms with van der Waals surface area (Å²) < 4.78 is 37.4. The lowest BCUT2D eigenvalue weighted by atomic mass is 9.87. The molecule has 0 spiro atoms. The molecule has 1 aliphatic rings. The average Bonchev–Trinajstić information content (AvgIpc) is 2.35. The van der Waals surface area contributed by atoms with E-state index in [2.05, 4.69) is 4.72 Å². The summed E-state index contributed by atoms with van der Waals surface area (Å²) in [6, 6.07) is -0.897. The molecular weight excluding hydrogens is 294 g/mol. The van der Waals surface area contributed by atoms with E-state index < -0.39 is 27.4 Å². The van der Waals surface area contributed by atoms with Gasteiger partial charge in [-0.15, -0.1) is 0 Å². The van der Waals surface area contributed by atoms with Gasteiger partial charge >= 0.3 is 5.97 Å². The van der Waals surface area contributed by atoms with E-state index in [0.717, 1.165) is 19.3 Å².